The minimum absolute atomic E-state index is 0.891. The van der Waals surface area contributed by atoms with E-state index in [1.165, 1.54) is 54.6 Å². The number of para-hydroxylation sites is 1. The molecular weight excluding hydrogens is 751 g/mol. The summed E-state index contributed by atoms with van der Waals surface area (Å²) in [5.41, 5.74) is 14.6. The Kier molecular flexibility index (Phi) is 8.53. The van der Waals surface area contributed by atoms with Crippen LogP contribution in [0.3, 0.4) is 0 Å². The summed E-state index contributed by atoms with van der Waals surface area (Å²) in [5.74, 6) is 0. The largest absolute Gasteiger partial charge is 0.455 e. The van der Waals surface area contributed by atoms with Crippen molar-refractivity contribution < 1.29 is 4.42 Å². The lowest BCUT2D eigenvalue weighted by molar-refractivity contribution is 0.670. The van der Waals surface area contributed by atoms with Crippen LogP contribution in [-0.2, 0) is 0 Å². The van der Waals surface area contributed by atoms with Gasteiger partial charge in [-0.2, -0.15) is 0 Å². The molecule has 0 spiro atoms. The van der Waals surface area contributed by atoms with Gasteiger partial charge in [0.25, 0.3) is 0 Å². The average Bonchev–Trinajstić information content (AvgIpc) is 3.73. The second-order valence-corrected chi connectivity index (χ2v) is 16.0. The molecule has 0 aliphatic rings. The number of hydrogen-bond acceptors (Lipinski definition) is 2. The van der Waals surface area contributed by atoms with E-state index in [9.17, 15) is 0 Å². The summed E-state index contributed by atoms with van der Waals surface area (Å²) in [6, 6.07) is 85.4. The van der Waals surface area contributed by atoms with E-state index >= 15 is 0 Å². The molecule has 11 aromatic carbocycles. The third-order valence-corrected chi connectivity index (χ3v) is 12.5. The standard InChI is InChI=1S/C60H39NO/c1-3-15-42(16-4-1)49-26-14-27-54-55-39-45(33-38-57(55)62-60(49)54)40-29-34-46(35-30-40)61(56-28-13-20-41-17-7-8-21-48(41)56)47-36-31-44(32-37-47)59-53-25-12-10-23-51(53)50-22-9-11-24-52(50)58(59)43-18-5-2-6-19-43/h1-39H. The Morgan fingerprint density at radius 3 is 1.44 bits per heavy atom. The van der Waals surface area contributed by atoms with E-state index < -0.39 is 0 Å². The van der Waals surface area contributed by atoms with Crippen LogP contribution >= 0.6 is 0 Å². The van der Waals surface area contributed by atoms with Crippen LogP contribution in [0.15, 0.2) is 241 Å². The van der Waals surface area contributed by atoms with Crippen molar-refractivity contribution in [1.29, 1.82) is 0 Å². The van der Waals surface area contributed by atoms with Crippen LogP contribution in [0, 0.1) is 0 Å². The zero-order chi connectivity index (χ0) is 41.0. The number of fused-ring (bicyclic) bond motifs is 7. The molecule has 0 saturated carbocycles. The number of rotatable bonds is 7. The summed E-state index contributed by atoms with van der Waals surface area (Å²) in [4.78, 5) is 2.39. The lowest BCUT2D eigenvalue weighted by Crippen LogP contribution is -2.10. The third kappa shape index (κ3) is 5.96. The van der Waals surface area contributed by atoms with Crippen molar-refractivity contribution in [2.45, 2.75) is 0 Å². The van der Waals surface area contributed by atoms with Gasteiger partial charge >= 0.3 is 0 Å². The SMILES string of the molecule is c1ccc(-c2c(-c3ccc(N(c4ccc(-c5ccc6oc7c(-c8ccccc8)cccc7c6c5)cc4)c4cccc5ccccc45)cc3)c3ccccc3c3ccccc23)cc1. The molecule has 0 aliphatic carbocycles. The zero-order valence-electron chi connectivity index (χ0n) is 33.9. The van der Waals surface area contributed by atoms with Crippen LogP contribution in [0.25, 0.3) is 98.8 Å². The fourth-order valence-corrected chi connectivity index (χ4v) is 9.58. The molecule has 0 saturated heterocycles. The molecule has 12 aromatic rings. The highest BCUT2D eigenvalue weighted by atomic mass is 16.3. The molecule has 1 aromatic heterocycles. The van der Waals surface area contributed by atoms with E-state index in [0.717, 1.165) is 61.3 Å². The Balaban J connectivity index is 0.979. The molecular formula is C60H39NO. The molecule has 0 unspecified atom stereocenters. The third-order valence-electron chi connectivity index (χ3n) is 12.5. The molecule has 0 amide bonds. The minimum atomic E-state index is 0.891. The molecule has 2 nitrogen and oxygen atoms in total. The first-order chi connectivity index (χ1) is 30.8. The molecule has 290 valence electrons. The van der Waals surface area contributed by atoms with Gasteiger partial charge in [0, 0.05) is 33.1 Å². The normalized spacial score (nSPS) is 11.5. The maximum Gasteiger partial charge on any atom is 0.143 e. The topological polar surface area (TPSA) is 16.4 Å². The van der Waals surface area contributed by atoms with Crippen molar-refractivity contribution in [3.63, 3.8) is 0 Å². The molecule has 0 aliphatic heterocycles. The predicted molar refractivity (Wildman–Crippen MR) is 263 cm³/mol. The van der Waals surface area contributed by atoms with E-state index in [4.69, 9.17) is 4.42 Å². The van der Waals surface area contributed by atoms with Crippen LogP contribution in [0.2, 0.25) is 0 Å². The maximum absolute atomic E-state index is 6.51. The summed E-state index contributed by atoms with van der Waals surface area (Å²) in [5, 5.41) is 9.67. The van der Waals surface area contributed by atoms with Crippen molar-refractivity contribution in [2.75, 3.05) is 4.90 Å². The first-order valence-electron chi connectivity index (χ1n) is 21.3. The van der Waals surface area contributed by atoms with Crippen molar-refractivity contribution in [2.24, 2.45) is 0 Å². The van der Waals surface area contributed by atoms with Crippen LogP contribution < -0.4 is 4.90 Å². The Morgan fingerprint density at radius 1 is 0.290 bits per heavy atom. The van der Waals surface area contributed by atoms with Crippen molar-refractivity contribution in [3.05, 3.63) is 237 Å². The van der Waals surface area contributed by atoms with E-state index in [-0.39, 0.29) is 0 Å². The van der Waals surface area contributed by atoms with Gasteiger partial charge in [-0.1, -0.05) is 194 Å². The predicted octanol–water partition coefficient (Wildman–Crippen LogP) is 17.2. The Labute approximate surface area is 360 Å². The first-order valence-corrected chi connectivity index (χ1v) is 21.3. The average molecular weight is 790 g/mol. The Morgan fingerprint density at radius 2 is 0.774 bits per heavy atom. The Hall–Kier alpha value is -8.20. The van der Waals surface area contributed by atoms with Crippen molar-refractivity contribution in [1.82, 2.24) is 0 Å². The molecule has 0 fully saturated rings. The second-order valence-electron chi connectivity index (χ2n) is 16.0. The molecule has 1 heterocycles. The number of nitrogens with zero attached hydrogens (tertiary/aromatic N) is 1. The lowest BCUT2D eigenvalue weighted by atomic mass is 9.85. The van der Waals surface area contributed by atoms with Crippen LogP contribution in [0.5, 0.6) is 0 Å². The van der Waals surface area contributed by atoms with Gasteiger partial charge in [-0.05, 0) is 108 Å². The van der Waals surface area contributed by atoms with Gasteiger partial charge in [0.15, 0.2) is 0 Å². The van der Waals surface area contributed by atoms with Gasteiger partial charge in [0.2, 0.25) is 0 Å². The summed E-state index contributed by atoms with van der Waals surface area (Å²) in [6.45, 7) is 0. The number of benzene rings is 11. The Bertz CT molecular complexity index is 3600. The molecule has 0 N–H and O–H groups in total. The van der Waals surface area contributed by atoms with Gasteiger partial charge in [0.1, 0.15) is 11.2 Å². The van der Waals surface area contributed by atoms with Gasteiger partial charge in [-0.25, -0.2) is 0 Å². The molecule has 0 atom stereocenters. The van der Waals surface area contributed by atoms with Crippen LogP contribution in [-0.4, -0.2) is 0 Å². The van der Waals surface area contributed by atoms with E-state index in [1.54, 1.807) is 0 Å². The molecule has 0 bridgehead atoms. The van der Waals surface area contributed by atoms with E-state index in [2.05, 4.69) is 235 Å². The summed E-state index contributed by atoms with van der Waals surface area (Å²) < 4.78 is 6.51. The fraction of sp³-hybridized carbons (Fsp3) is 0. The molecule has 62 heavy (non-hydrogen) atoms. The molecule has 12 rings (SSSR count). The second kappa shape index (κ2) is 14.8. The van der Waals surface area contributed by atoms with Gasteiger partial charge < -0.3 is 9.32 Å². The van der Waals surface area contributed by atoms with Crippen LogP contribution in [0.1, 0.15) is 0 Å². The highest BCUT2D eigenvalue weighted by Crippen LogP contribution is 2.46. The maximum atomic E-state index is 6.51. The smallest absolute Gasteiger partial charge is 0.143 e. The first kappa shape index (κ1) is 35.7. The molecule has 2 heteroatoms. The summed E-state index contributed by atoms with van der Waals surface area (Å²) >= 11 is 0. The summed E-state index contributed by atoms with van der Waals surface area (Å²) in [7, 11) is 0. The summed E-state index contributed by atoms with van der Waals surface area (Å²) in [6.07, 6.45) is 0. The van der Waals surface area contributed by atoms with E-state index in [0.29, 0.717) is 0 Å². The number of furan rings is 1. The van der Waals surface area contributed by atoms with Crippen LogP contribution in [0.4, 0.5) is 17.1 Å². The van der Waals surface area contributed by atoms with Crippen molar-refractivity contribution in [3.8, 4) is 44.5 Å². The lowest BCUT2D eigenvalue weighted by Gasteiger charge is -2.27. The van der Waals surface area contributed by atoms with Gasteiger partial charge in [-0.15, -0.1) is 0 Å². The van der Waals surface area contributed by atoms with E-state index in [1.807, 2.05) is 6.07 Å². The number of hydrogen-bond donors (Lipinski definition) is 0. The van der Waals surface area contributed by atoms with Gasteiger partial charge in [-0.3, -0.25) is 0 Å². The quantitative estimate of drug-likeness (QED) is 0.150. The highest BCUT2D eigenvalue weighted by Gasteiger charge is 2.20. The van der Waals surface area contributed by atoms with Gasteiger partial charge in [0.05, 0.1) is 5.69 Å². The number of anilines is 3. The van der Waals surface area contributed by atoms with Crippen molar-refractivity contribution >= 4 is 71.3 Å². The zero-order valence-corrected chi connectivity index (χ0v) is 33.9. The highest BCUT2D eigenvalue weighted by molar-refractivity contribution is 6.21. The molecule has 0 radical (unpaired) electrons. The monoisotopic (exact) mass is 789 g/mol. The fourth-order valence-electron chi connectivity index (χ4n) is 9.58. The minimum Gasteiger partial charge on any atom is -0.455 e.